The van der Waals surface area contributed by atoms with Gasteiger partial charge in [-0.15, -0.1) is 0 Å². The standard InChI is InChI=1S/C17H22O6/c1-16(2)22-13-12-10-20-17(14(13)23-16,15(18-3)21-12)19-9-11-7-5-4-6-8-11/h4-8,12-15H,9-10H2,1-3H3/t12-,13-,14+,15+,17-/m0/s1. The zero-order valence-electron chi connectivity index (χ0n) is 13.6. The summed E-state index contributed by atoms with van der Waals surface area (Å²) >= 11 is 0. The molecule has 0 unspecified atom stereocenters. The molecule has 4 heterocycles. The second kappa shape index (κ2) is 5.51. The van der Waals surface area contributed by atoms with Gasteiger partial charge in [-0.2, -0.15) is 0 Å². The molecule has 2 bridgehead atoms. The molecule has 6 heteroatoms. The van der Waals surface area contributed by atoms with Gasteiger partial charge in [-0.25, -0.2) is 0 Å². The van der Waals surface area contributed by atoms with Crippen LogP contribution in [0, 0.1) is 0 Å². The van der Waals surface area contributed by atoms with Crippen molar-refractivity contribution >= 4 is 0 Å². The van der Waals surface area contributed by atoms with E-state index in [0.717, 1.165) is 5.56 Å². The third-order valence-electron chi connectivity index (χ3n) is 4.51. The lowest BCUT2D eigenvalue weighted by Crippen LogP contribution is -2.73. The van der Waals surface area contributed by atoms with Crippen molar-refractivity contribution in [1.82, 2.24) is 0 Å². The Balaban J connectivity index is 1.61. The van der Waals surface area contributed by atoms with Crippen molar-refractivity contribution in [2.75, 3.05) is 13.7 Å². The number of benzene rings is 1. The van der Waals surface area contributed by atoms with Crippen LogP contribution in [0.4, 0.5) is 0 Å². The lowest BCUT2D eigenvalue weighted by Gasteiger charge is -2.53. The summed E-state index contributed by atoms with van der Waals surface area (Å²) in [6.45, 7) is 4.55. The molecule has 126 valence electrons. The third-order valence-corrected chi connectivity index (χ3v) is 4.51. The number of fused-ring (bicyclic) bond motifs is 2. The Hall–Kier alpha value is -1.02. The van der Waals surface area contributed by atoms with Crippen LogP contribution in [0.25, 0.3) is 0 Å². The van der Waals surface area contributed by atoms with E-state index >= 15 is 0 Å². The molecule has 1 aromatic rings. The van der Waals surface area contributed by atoms with E-state index in [1.807, 2.05) is 44.2 Å². The Morgan fingerprint density at radius 2 is 1.96 bits per heavy atom. The average Bonchev–Trinajstić information content (AvgIpc) is 2.91. The maximum atomic E-state index is 6.18. The number of methoxy groups -OCH3 is 1. The summed E-state index contributed by atoms with van der Waals surface area (Å²) < 4.78 is 35.7. The Morgan fingerprint density at radius 3 is 2.70 bits per heavy atom. The van der Waals surface area contributed by atoms with Gasteiger partial charge < -0.3 is 28.4 Å². The van der Waals surface area contributed by atoms with Gasteiger partial charge in [0.05, 0.1) is 13.2 Å². The van der Waals surface area contributed by atoms with Gasteiger partial charge in [0.2, 0.25) is 6.29 Å². The van der Waals surface area contributed by atoms with Gasteiger partial charge >= 0.3 is 0 Å². The van der Waals surface area contributed by atoms with Crippen LogP contribution in [0.3, 0.4) is 0 Å². The summed E-state index contributed by atoms with van der Waals surface area (Å²) in [6, 6.07) is 9.92. The van der Waals surface area contributed by atoms with Gasteiger partial charge in [0.25, 0.3) is 5.79 Å². The van der Waals surface area contributed by atoms with Crippen LogP contribution in [0.5, 0.6) is 0 Å². The van der Waals surface area contributed by atoms with Crippen molar-refractivity contribution in [2.24, 2.45) is 0 Å². The minimum atomic E-state index is -1.13. The van der Waals surface area contributed by atoms with Gasteiger partial charge in [0, 0.05) is 7.11 Å². The van der Waals surface area contributed by atoms with Crippen LogP contribution in [-0.2, 0) is 35.0 Å². The minimum absolute atomic E-state index is 0.214. The van der Waals surface area contributed by atoms with E-state index in [-0.39, 0.29) is 12.2 Å². The minimum Gasteiger partial charge on any atom is -0.351 e. The van der Waals surface area contributed by atoms with Gasteiger partial charge in [-0.3, -0.25) is 0 Å². The number of hydrogen-bond donors (Lipinski definition) is 0. The SMILES string of the molecule is CO[C@@H]1O[C@H]2CO[C@@]1(OCc1ccccc1)[C@@H]1OC(C)(C)O[C@@H]21. The Morgan fingerprint density at radius 1 is 1.17 bits per heavy atom. The first-order chi connectivity index (χ1) is 11.0. The highest BCUT2D eigenvalue weighted by Crippen LogP contribution is 2.48. The molecule has 0 N–H and O–H groups in total. The Kier molecular flexibility index (Phi) is 3.72. The van der Waals surface area contributed by atoms with Crippen LogP contribution in [-0.4, -0.2) is 49.9 Å². The van der Waals surface area contributed by atoms with E-state index in [4.69, 9.17) is 28.4 Å². The van der Waals surface area contributed by atoms with E-state index in [0.29, 0.717) is 13.2 Å². The lowest BCUT2D eigenvalue weighted by molar-refractivity contribution is -0.454. The highest BCUT2D eigenvalue weighted by Gasteiger charge is 2.69. The van der Waals surface area contributed by atoms with Crippen LogP contribution < -0.4 is 0 Å². The molecule has 4 saturated heterocycles. The molecule has 23 heavy (non-hydrogen) atoms. The molecule has 6 nitrogen and oxygen atoms in total. The predicted molar refractivity (Wildman–Crippen MR) is 79.4 cm³/mol. The average molecular weight is 322 g/mol. The summed E-state index contributed by atoms with van der Waals surface area (Å²) in [7, 11) is 1.58. The number of rotatable bonds is 4. The quantitative estimate of drug-likeness (QED) is 0.843. The molecule has 0 aliphatic carbocycles. The lowest BCUT2D eigenvalue weighted by atomic mass is 9.92. The first-order valence-corrected chi connectivity index (χ1v) is 7.90. The zero-order chi connectivity index (χ0) is 16.1. The maximum Gasteiger partial charge on any atom is 0.251 e. The van der Waals surface area contributed by atoms with Crippen LogP contribution in [0.15, 0.2) is 30.3 Å². The first kappa shape index (κ1) is 15.5. The molecule has 4 aliphatic heterocycles. The molecule has 5 rings (SSSR count). The fraction of sp³-hybridized carbons (Fsp3) is 0.647. The maximum absolute atomic E-state index is 6.18. The van der Waals surface area contributed by atoms with E-state index in [1.165, 1.54) is 0 Å². The van der Waals surface area contributed by atoms with Gasteiger partial charge in [-0.1, -0.05) is 30.3 Å². The van der Waals surface area contributed by atoms with Crippen LogP contribution in [0.1, 0.15) is 19.4 Å². The highest BCUT2D eigenvalue weighted by molar-refractivity contribution is 5.14. The first-order valence-electron chi connectivity index (χ1n) is 7.90. The van der Waals surface area contributed by atoms with Crippen molar-refractivity contribution in [3.8, 4) is 0 Å². The normalized spacial score (nSPS) is 41.0. The van der Waals surface area contributed by atoms with Crippen molar-refractivity contribution in [3.63, 3.8) is 0 Å². The molecule has 0 radical (unpaired) electrons. The summed E-state index contributed by atoms with van der Waals surface area (Å²) in [5, 5.41) is 0. The molecular formula is C17H22O6. The summed E-state index contributed by atoms with van der Waals surface area (Å²) in [4.78, 5) is 0. The molecule has 5 atom stereocenters. The fourth-order valence-corrected chi connectivity index (χ4v) is 3.52. The summed E-state index contributed by atoms with van der Waals surface area (Å²) in [5.74, 6) is -1.83. The largest absolute Gasteiger partial charge is 0.351 e. The topological polar surface area (TPSA) is 55.4 Å². The second-order valence-electron chi connectivity index (χ2n) is 6.57. The third kappa shape index (κ3) is 2.50. The molecule has 4 aliphatic rings. The van der Waals surface area contributed by atoms with E-state index in [1.54, 1.807) is 7.11 Å². The molecule has 4 fully saturated rings. The number of ether oxygens (including phenoxy) is 6. The number of hydrogen-bond acceptors (Lipinski definition) is 6. The Labute approximate surface area is 135 Å². The van der Waals surface area contributed by atoms with Gasteiger partial charge in [-0.05, 0) is 19.4 Å². The van der Waals surface area contributed by atoms with Gasteiger partial charge in [0.15, 0.2) is 5.79 Å². The van der Waals surface area contributed by atoms with Crippen molar-refractivity contribution < 1.29 is 28.4 Å². The molecular weight excluding hydrogens is 300 g/mol. The van der Waals surface area contributed by atoms with Crippen molar-refractivity contribution in [2.45, 2.75) is 56.6 Å². The Bertz CT molecular complexity index is 561. The van der Waals surface area contributed by atoms with E-state index in [9.17, 15) is 0 Å². The summed E-state index contributed by atoms with van der Waals surface area (Å²) in [5.41, 5.74) is 1.04. The zero-order valence-corrected chi connectivity index (χ0v) is 13.6. The highest BCUT2D eigenvalue weighted by atomic mass is 16.8. The van der Waals surface area contributed by atoms with Crippen LogP contribution in [0.2, 0.25) is 0 Å². The molecule has 0 amide bonds. The fourth-order valence-electron chi connectivity index (χ4n) is 3.52. The van der Waals surface area contributed by atoms with Gasteiger partial charge in [0.1, 0.15) is 18.3 Å². The monoisotopic (exact) mass is 322 g/mol. The predicted octanol–water partition coefficient (Wildman–Crippen LogP) is 1.82. The molecule has 1 aromatic carbocycles. The molecule has 0 spiro atoms. The van der Waals surface area contributed by atoms with E-state index in [2.05, 4.69) is 0 Å². The smallest absolute Gasteiger partial charge is 0.251 e. The second-order valence-corrected chi connectivity index (χ2v) is 6.57. The molecule has 0 aromatic heterocycles. The van der Waals surface area contributed by atoms with Crippen molar-refractivity contribution in [3.05, 3.63) is 35.9 Å². The van der Waals surface area contributed by atoms with E-state index < -0.39 is 24.0 Å². The van der Waals surface area contributed by atoms with Crippen molar-refractivity contribution in [1.29, 1.82) is 0 Å². The molecule has 0 saturated carbocycles. The van der Waals surface area contributed by atoms with Crippen LogP contribution >= 0.6 is 0 Å². The summed E-state index contributed by atoms with van der Waals surface area (Å²) in [6.07, 6.45) is -1.47.